The van der Waals surface area contributed by atoms with E-state index in [1.54, 1.807) is 54.6 Å². The number of esters is 1. The van der Waals surface area contributed by atoms with Gasteiger partial charge in [0, 0.05) is 23.7 Å². The van der Waals surface area contributed by atoms with Crippen molar-refractivity contribution in [3.63, 3.8) is 0 Å². The van der Waals surface area contributed by atoms with Gasteiger partial charge in [-0.15, -0.1) is 0 Å². The topological polar surface area (TPSA) is 92.8 Å². The molecule has 1 atom stereocenters. The maximum Gasteiger partial charge on any atom is 0.328 e. The number of allylic oxidation sites excluding steroid dienone is 1. The largest absolute Gasteiger partial charge is 0.462 e. The Morgan fingerprint density at radius 3 is 2.26 bits per heavy atom. The van der Waals surface area contributed by atoms with Crippen LogP contribution in [0.2, 0.25) is 0 Å². The van der Waals surface area contributed by atoms with Crippen molar-refractivity contribution in [3.8, 4) is 0 Å². The van der Waals surface area contributed by atoms with Crippen molar-refractivity contribution in [3.05, 3.63) is 83.9 Å². The zero-order valence-corrected chi connectivity index (χ0v) is 17.0. The molecule has 1 N–H and O–H groups in total. The maximum absolute atomic E-state index is 12.6. The highest BCUT2D eigenvalue weighted by Gasteiger charge is 2.35. The number of nitrogens with zero attached hydrogens (tertiary/aromatic N) is 1. The van der Waals surface area contributed by atoms with E-state index in [9.17, 15) is 19.2 Å². The van der Waals surface area contributed by atoms with Crippen LogP contribution in [-0.2, 0) is 14.3 Å². The molecule has 0 saturated carbocycles. The second-order valence-electron chi connectivity index (χ2n) is 7.04. The van der Waals surface area contributed by atoms with Gasteiger partial charge in [0.15, 0.2) is 5.78 Å². The molecule has 1 aliphatic rings. The van der Waals surface area contributed by atoms with Crippen LogP contribution in [0.3, 0.4) is 0 Å². The third-order valence-corrected chi connectivity index (χ3v) is 4.90. The molecule has 0 aliphatic carbocycles. The van der Waals surface area contributed by atoms with E-state index in [0.29, 0.717) is 24.1 Å². The van der Waals surface area contributed by atoms with Gasteiger partial charge in [-0.2, -0.15) is 0 Å². The van der Waals surface area contributed by atoms with Crippen LogP contribution < -0.4 is 5.32 Å². The Morgan fingerprint density at radius 1 is 0.935 bits per heavy atom. The number of rotatable bonds is 8. The second kappa shape index (κ2) is 10.9. The number of carbonyl (C=O) groups is 4. The molecule has 160 valence electrons. The lowest BCUT2D eigenvalue weighted by molar-refractivity contribution is -0.148. The molecule has 1 fully saturated rings. The number of amides is 2. The summed E-state index contributed by atoms with van der Waals surface area (Å²) in [5, 5.41) is 2.56. The quantitative estimate of drug-likeness (QED) is 0.306. The van der Waals surface area contributed by atoms with E-state index >= 15 is 0 Å². The lowest BCUT2D eigenvalue weighted by Gasteiger charge is -2.23. The highest BCUT2D eigenvalue weighted by molar-refractivity contribution is 6.07. The molecule has 0 aromatic heterocycles. The fraction of sp³-hybridized carbons (Fsp3) is 0.250. The van der Waals surface area contributed by atoms with Crippen LogP contribution in [-0.4, -0.2) is 54.2 Å². The van der Waals surface area contributed by atoms with Crippen LogP contribution in [0.5, 0.6) is 0 Å². The summed E-state index contributed by atoms with van der Waals surface area (Å²) in [4.78, 5) is 50.4. The predicted octanol–water partition coefficient (Wildman–Crippen LogP) is 2.39. The number of likely N-dealkylation sites (tertiary alicyclic amines) is 1. The number of hydrogen-bond donors (Lipinski definition) is 1. The first-order chi connectivity index (χ1) is 15.1. The van der Waals surface area contributed by atoms with Gasteiger partial charge in [-0.05, 0) is 31.1 Å². The third kappa shape index (κ3) is 6.12. The van der Waals surface area contributed by atoms with E-state index in [0.717, 1.165) is 12.5 Å². The monoisotopic (exact) mass is 420 g/mol. The Morgan fingerprint density at radius 2 is 1.58 bits per heavy atom. The van der Waals surface area contributed by atoms with Crippen molar-refractivity contribution in [2.24, 2.45) is 0 Å². The van der Waals surface area contributed by atoms with E-state index in [-0.39, 0.29) is 24.8 Å². The van der Waals surface area contributed by atoms with Crippen molar-refractivity contribution in [1.82, 2.24) is 10.2 Å². The molecule has 1 aliphatic heterocycles. The third-order valence-electron chi connectivity index (χ3n) is 4.90. The number of ether oxygens (including phenoxy) is 1. The molecule has 1 heterocycles. The Labute approximate surface area is 180 Å². The average molecular weight is 420 g/mol. The first kappa shape index (κ1) is 22.0. The minimum absolute atomic E-state index is 0.0189. The summed E-state index contributed by atoms with van der Waals surface area (Å²) < 4.78 is 5.25. The van der Waals surface area contributed by atoms with Gasteiger partial charge < -0.3 is 15.0 Å². The van der Waals surface area contributed by atoms with Gasteiger partial charge in [0.1, 0.15) is 12.6 Å². The molecule has 2 aromatic rings. The standard InChI is InChI=1S/C24H24N2O5/c27-21(18-8-3-1-4-9-18)13-14-22(28)25-15-17-31-24(30)20-12-7-16-26(20)23(29)19-10-5-2-6-11-19/h1-6,8-11,13-14,20H,7,12,15-17H2,(H,25,28)/b14-13+/t20-/m0/s1. The Bertz CT molecular complexity index is 956. The molecule has 0 spiro atoms. The van der Waals surface area contributed by atoms with Gasteiger partial charge >= 0.3 is 5.97 Å². The zero-order chi connectivity index (χ0) is 22.1. The summed E-state index contributed by atoms with van der Waals surface area (Å²) in [6.45, 7) is 0.590. The maximum atomic E-state index is 12.6. The fourth-order valence-electron chi connectivity index (χ4n) is 3.33. The summed E-state index contributed by atoms with van der Waals surface area (Å²) in [7, 11) is 0. The van der Waals surface area contributed by atoms with Crippen molar-refractivity contribution in [2.45, 2.75) is 18.9 Å². The van der Waals surface area contributed by atoms with Crippen LogP contribution in [0.1, 0.15) is 33.6 Å². The first-order valence-corrected chi connectivity index (χ1v) is 10.1. The Hall–Kier alpha value is -3.74. The molecular formula is C24H24N2O5. The number of benzene rings is 2. The van der Waals surface area contributed by atoms with Crippen molar-refractivity contribution < 1.29 is 23.9 Å². The van der Waals surface area contributed by atoms with Crippen LogP contribution >= 0.6 is 0 Å². The van der Waals surface area contributed by atoms with E-state index in [1.807, 2.05) is 6.07 Å². The molecule has 2 amide bonds. The summed E-state index contributed by atoms with van der Waals surface area (Å²) >= 11 is 0. The van der Waals surface area contributed by atoms with Crippen LogP contribution in [0.4, 0.5) is 0 Å². The van der Waals surface area contributed by atoms with Crippen LogP contribution in [0, 0.1) is 0 Å². The molecule has 3 rings (SSSR count). The summed E-state index contributed by atoms with van der Waals surface area (Å²) in [5.41, 5.74) is 1.03. The molecule has 2 aromatic carbocycles. The number of ketones is 1. The summed E-state index contributed by atoms with van der Waals surface area (Å²) in [6, 6.07) is 16.8. The fourth-order valence-corrected chi connectivity index (χ4v) is 3.33. The molecule has 0 radical (unpaired) electrons. The molecule has 1 saturated heterocycles. The van der Waals surface area contributed by atoms with Gasteiger partial charge in [-0.3, -0.25) is 14.4 Å². The highest BCUT2D eigenvalue weighted by Crippen LogP contribution is 2.21. The second-order valence-corrected chi connectivity index (χ2v) is 7.04. The molecule has 31 heavy (non-hydrogen) atoms. The molecular weight excluding hydrogens is 396 g/mol. The van der Waals surface area contributed by atoms with Gasteiger partial charge in [-0.1, -0.05) is 48.5 Å². The zero-order valence-electron chi connectivity index (χ0n) is 17.0. The van der Waals surface area contributed by atoms with Crippen molar-refractivity contribution >= 4 is 23.6 Å². The summed E-state index contributed by atoms with van der Waals surface area (Å²) in [5.74, 6) is -1.40. The molecule has 0 bridgehead atoms. The smallest absolute Gasteiger partial charge is 0.328 e. The van der Waals surface area contributed by atoms with Crippen LogP contribution in [0.15, 0.2) is 72.8 Å². The van der Waals surface area contributed by atoms with E-state index < -0.39 is 17.9 Å². The van der Waals surface area contributed by atoms with Gasteiger partial charge in [0.2, 0.25) is 5.91 Å². The van der Waals surface area contributed by atoms with Crippen molar-refractivity contribution in [1.29, 1.82) is 0 Å². The average Bonchev–Trinajstić information content (AvgIpc) is 3.31. The number of nitrogens with one attached hydrogen (secondary N) is 1. The van der Waals surface area contributed by atoms with Crippen LogP contribution in [0.25, 0.3) is 0 Å². The lowest BCUT2D eigenvalue weighted by atomic mass is 10.1. The highest BCUT2D eigenvalue weighted by atomic mass is 16.5. The minimum atomic E-state index is -0.619. The van der Waals surface area contributed by atoms with Gasteiger partial charge in [0.05, 0.1) is 6.54 Å². The Kier molecular flexibility index (Phi) is 7.70. The van der Waals surface area contributed by atoms with E-state index in [2.05, 4.69) is 5.32 Å². The Balaban J connectivity index is 1.41. The van der Waals surface area contributed by atoms with Gasteiger partial charge in [0.25, 0.3) is 5.91 Å². The normalized spacial score (nSPS) is 15.6. The minimum Gasteiger partial charge on any atom is -0.462 e. The number of carbonyl (C=O) groups excluding carboxylic acids is 4. The van der Waals surface area contributed by atoms with E-state index in [4.69, 9.17) is 4.74 Å². The van der Waals surface area contributed by atoms with Gasteiger partial charge in [-0.25, -0.2) is 4.79 Å². The SMILES string of the molecule is O=C(/C=C/C(=O)c1ccccc1)NCCOC(=O)[C@@H]1CCCN1C(=O)c1ccccc1. The van der Waals surface area contributed by atoms with Crippen molar-refractivity contribution in [2.75, 3.05) is 19.7 Å². The van der Waals surface area contributed by atoms with E-state index in [1.165, 1.54) is 11.0 Å². The number of hydrogen-bond acceptors (Lipinski definition) is 5. The lowest BCUT2D eigenvalue weighted by Crippen LogP contribution is -2.42. The predicted molar refractivity (Wildman–Crippen MR) is 114 cm³/mol. The molecule has 7 heteroatoms. The molecule has 7 nitrogen and oxygen atoms in total. The summed E-state index contributed by atoms with van der Waals surface area (Å²) in [6.07, 6.45) is 3.63. The molecule has 0 unspecified atom stereocenters. The first-order valence-electron chi connectivity index (χ1n) is 10.1.